The molecule has 0 fully saturated rings. The van der Waals surface area contributed by atoms with Crippen LogP contribution in [0.5, 0.6) is 0 Å². The molecule has 8 heteroatoms. The van der Waals surface area contributed by atoms with Gasteiger partial charge in [0, 0.05) is 38.5 Å². The Labute approximate surface area is 132 Å². The Morgan fingerprint density at radius 3 is 1.73 bits per heavy atom. The van der Waals surface area contributed by atoms with Gasteiger partial charge in [0.15, 0.2) is 0 Å². The molecule has 0 aliphatic carbocycles. The quantitative estimate of drug-likeness (QED) is 0.379. The lowest BCUT2D eigenvalue weighted by atomic mass is 10.2. The van der Waals surface area contributed by atoms with Gasteiger partial charge in [-0.05, 0) is 26.7 Å². The summed E-state index contributed by atoms with van der Waals surface area (Å²) in [6, 6.07) is 0.680. The Bertz CT molecular complexity index is 380. The van der Waals surface area contributed by atoms with Crippen LogP contribution in [0.15, 0.2) is 23.8 Å². The van der Waals surface area contributed by atoms with Crippen molar-refractivity contribution in [1.82, 2.24) is 0 Å². The second kappa shape index (κ2) is 12.1. The SMILES string of the molecule is C=C(C)C(=O)O.CO[Si](CCC/C=C(\C)C(=O)O)(OC)OC. The van der Waals surface area contributed by atoms with Crippen molar-refractivity contribution < 1.29 is 33.1 Å². The molecule has 0 aromatic heterocycles. The highest BCUT2D eigenvalue weighted by Crippen LogP contribution is 2.16. The number of hydrogen-bond donors (Lipinski definition) is 2. The van der Waals surface area contributed by atoms with Gasteiger partial charge < -0.3 is 23.5 Å². The maximum atomic E-state index is 10.5. The van der Waals surface area contributed by atoms with Gasteiger partial charge in [-0.25, -0.2) is 9.59 Å². The van der Waals surface area contributed by atoms with Crippen molar-refractivity contribution in [2.45, 2.75) is 32.7 Å². The molecule has 0 spiro atoms. The van der Waals surface area contributed by atoms with Gasteiger partial charge in [0.1, 0.15) is 0 Å². The summed E-state index contributed by atoms with van der Waals surface area (Å²) in [6.45, 7) is 6.18. The molecule has 0 aromatic carbocycles. The zero-order valence-electron chi connectivity index (χ0n) is 13.8. The summed E-state index contributed by atoms with van der Waals surface area (Å²) in [5.74, 6) is -1.82. The van der Waals surface area contributed by atoms with Crippen molar-refractivity contribution in [2.75, 3.05) is 21.3 Å². The van der Waals surface area contributed by atoms with Crippen LogP contribution in [0.2, 0.25) is 6.04 Å². The molecule has 0 aliphatic rings. The maximum absolute atomic E-state index is 10.5. The van der Waals surface area contributed by atoms with Crippen molar-refractivity contribution in [3.8, 4) is 0 Å². The molecule has 128 valence electrons. The number of unbranched alkanes of at least 4 members (excludes halogenated alkanes) is 1. The molecular formula is C14H26O7Si. The fourth-order valence-electron chi connectivity index (χ4n) is 1.28. The van der Waals surface area contributed by atoms with Gasteiger partial charge in [-0.2, -0.15) is 0 Å². The molecule has 0 atom stereocenters. The lowest BCUT2D eigenvalue weighted by Gasteiger charge is -2.23. The summed E-state index contributed by atoms with van der Waals surface area (Å²) in [4.78, 5) is 20.1. The fourth-order valence-corrected chi connectivity index (χ4v) is 3.03. The van der Waals surface area contributed by atoms with Crippen molar-refractivity contribution in [1.29, 1.82) is 0 Å². The highest BCUT2D eigenvalue weighted by atomic mass is 28.4. The lowest BCUT2D eigenvalue weighted by Crippen LogP contribution is -2.42. The number of hydrogen-bond acceptors (Lipinski definition) is 5. The summed E-state index contributed by atoms with van der Waals surface area (Å²) in [6.07, 6.45) is 3.16. The van der Waals surface area contributed by atoms with Crippen LogP contribution in [-0.2, 0) is 22.9 Å². The first-order valence-electron chi connectivity index (χ1n) is 6.60. The fraction of sp³-hybridized carbons (Fsp3) is 0.571. The van der Waals surface area contributed by atoms with E-state index in [1.165, 1.54) is 6.92 Å². The Balaban J connectivity index is 0. The normalized spacial score (nSPS) is 11.4. The number of allylic oxidation sites excluding steroid dienone is 1. The van der Waals surface area contributed by atoms with E-state index in [1.807, 2.05) is 0 Å². The van der Waals surface area contributed by atoms with Crippen LogP contribution in [-0.4, -0.2) is 52.3 Å². The highest BCUT2D eigenvalue weighted by Gasteiger charge is 2.36. The van der Waals surface area contributed by atoms with E-state index < -0.39 is 20.7 Å². The maximum Gasteiger partial charge on any atom is 0.500 e. The monoisotopic (exact) mass is 334 g/mol. The van der Waals surface area contributed by atoms with Crippen LogP contribution in [0.25, 0.3) is 0 Å². The molecule has 0 bridgehead atoms. The summed E-state index contributed by atoms with van der Waals surface area (Å²) in [7, 11) is 2.21. The predicted octanol–water partition coefficient (Wildman–Crippen LogP) is 2.32. The third kappa shape index (κ3) is 10.3. The van der Waals surface area contributed by atoms with E-state index in [0.717, 1.165) is 6.42 Å². The average Bonchev–Trinajstić information content (AvgIpc) is 2.48. The van der Waals surface area contributed by atoms with Gasteiger partial charge in [0.2, 0.25) is 0 Å². The number of aliphatic carboxylic acids is 2. The second-order valence-corrected chi connectivity index (χ2v) is 7.56. The van der Waals surface area contributed by atoms with Gasteiger partial charge in [-0.1, -0.05) is 12.7 Å². The molecular weight excluding hydrogens is 308 g/mol. The molecule has 0 aromatic rings. The first kappa shape index (κ1) is 22.8. The van der Waals surface area contributed by atoms with E-state index in [0.29, 0.717) is 18.0 Å². The Morgan fingerprint density at radius 1 is 1.05 bits per heavy atom. The number of carboxylic acid groups (broad SMARTS) is 2. The third-order valence-corrected chi connectivity index (χ3v) is 5.61. The third-order valence-electron chi connectivity index (χ3n) is 2.77. The number of carboxylic acids is 2. The van der Waals surface area contributed by atoms with E-state index in [-0.39, 0.29) is 5.57 Å². The lowest BCUT2D eigenvalue weighted by molar-refractivity contribution is -0.133. The van der Waals surface area contributed by atoms with E-state index in [1.54, 1.807) is 34.3 Å². The Hall–Kier alpha value is -1.48. The van der Waals surface area contributed by atoms with Crippen LogP contribution in [0.4, 0.5) is 0 Å². The number of carbonyl (C=O) groups is 2. The van der Waals surface area contributed by atoms with E-state index in [4.69, 9.17) is 23.5 Å². The zero-order chi connectivity index (χ0) is 17.8. The molecule has 0 amide bonds. The van der Waals surface area contributed by atoms with Crippen LogP contribution in [0.1, 0.15) is 26.7 Å². The van der Waals surface area contributed by atoms with Gasteiger partial charge in [0.05, 0.1) is 0 Å². The van der Waals surface area contributed by atoms with E-state index in [9.17, 15) is 9.59 Å². The van der Waals surface area contributed by atoms with Crippen molar-refractivity contribution in [3.05, 3.63) is 23.8 Å². The van der Waals surface area contributed by atoms with Crippen molar-refractivity contribution in [3.63, 3.8) is 0 Å². The Morgan fingerprint density at radius 2 is 1.45 bits per heavy atom. The molecule has 0 saturated heterocycles. The zero-order valence-corrected chi connectivity index (χ0v) is 14.8. The average molecular weight is 334 g/mol. The van der Waals surface area contributed by atoms with Gasteiger partial charge in [0.25, 0.3) is 0 Å². The minimum Gasteiger partial charge on any atom is -0.478 e. The smallest absolute Gasteiger partial charge is 0.478 e. The molecule has 0 unspecified atom stereocenters. The van der Waals surface area contributed by atoms with Crippen LogP contribution >= 0.6 is 0 Å². The van der Waals surface area contributed by atoms with Crippen LogP contribution in [0, 0.1) is 0 Å². The molecule has 0 radical (unpaired) electrons. The molecule has 0 saturated carbocycles. The largest absolute Gasteiger partial charge is 0.500 e. The molecule has 2 N–H and O–H groups in total. The molecule has 0 rings (SSSR count). The van der Waals surface area contributed by atoms with Gasteiger partial charge >= 0.3 is 20.7 Å². The van der Waals surface area contributed by atoms with Crippen LogP contribution < -0.4 is 0 Å². The molecule has 7 nitrogen and oxygen atoms in total. The van der Waals surface area contributed by atoms with Crippen molar-refractivity contribution >= 4 is 20.7 Å². The minimum absolute atomic E-state index is 0.176. The molecule has 0 aliphatic heterocycles. The highest BCUT2D eigenvalue weighted by molar-refractivity contribution is 6.60. The van der Waals surface area contributed by atoms with E-state index in [2.05, 4.69) is 6.58 Å². The molecule has 22 heavy (non-hydrogen) atoms. The summed E-state index contributed by atoms with van der Waals surface area (Å²) >= 11 is 0. The Kier molecular flexibility index (Phi) is 12.5. The summed E-state index contributed by atoms with van der Waals surface area (Å²) in [5, 5.41) is 16.5. The first-order valence-corrected chi connectivity index (χ1v) is 8.53. The molecule has 0 heterocycles. The first-order chi connectivity index (χ1) is 10.2. The minimum atomic E-state index is -2.49. The number of rotatable bonds is 9. The second-order valence-electron chi connectivity index (χ2n) is 4.47. The standard InChI is InChI=1S/C10H20O5Si.C4H6O2/c1-9(10(11)12)7-5-6-8-16(13-2,14-3)15-4;1-3(2)4(5)6/h7H,5-6,8H2,1-4H3,(H,11,12);1H2,2H3,(H,5,6)/b9-7+;. The van der Waals surface area contributed by atoms with Crippen LogP contribution in [0.3, 0.4) is 0 Å². The van der Waals surface area contributed by atoms with Gasteiger partial charge in [-0.3, -0.25) is 0 Å². The van der Waals surface area contributed by atoms with Crippen molar-refractivity contribution in [2.24, 2.45) is 0 Å². The predicted molar refractivity (Wildman–Crippen MR) is 84.7 cm³/mol. The summed E-state index contributed by atoms with van der Waals surface area (Å²) < 4.78 is 15.7. The summed E-state index contributed by atoms with van der Waals surface area (Å²) in [5.41, 5.74) is 0.537. The van der Waals surface area contributed by atoms with E-state index >= 15 is 0 Å². The van der Waals surface area contributed by atoms with Gasteiger partial charge in [-0.15, -0.1) is 0 Å². The topological polar surface area (TPSA) is 102 Å².